The molecule has 1 aromatic heterocycles. The van der Waals surface area contributed by atoms with Crippen LogP contribution in [-0.2, 0) is 0 Å². The van der Waals surface area contributed by atoms with Crippen LogP contribution in [0, 0.1) is 11.5 Å². The van der Waals surface area contributed by atoms with Gasteiger partial charge in [0.1, 0.15) is 12.4 Å². The quantitative estimate of drug-likeness (QED) is 0.426. The Morgan fingerprint density at radius 3 is 2.38 bits per heavy atom. The van der Waals surface area contributed by atoms with Crippen molar-refractivity contribution in [2.75, 3.05) is 0 Å². The molecule has 1 aromatic rings. The van der Waals surface area contributed by atoms with E-state index >= 15 is 0 Å². The van der Waals surface area contributed by atoms with E-state index in [4.69, 9.17) is 5.26 Å². The summed E-state index contributed by atoms with van der Waals surface area (Å²) in [6.45, 7) is 0. The van der Waals surface area contributed by atoms with Crippen LogP contribution in [0.3, 0.4) is 0 Å². The Labute approximate surface area is 46.8 Å². The average molecular weight is 106 g/mol. The van der Waals surface area contributed by atoms with Crippen LogP contribution in [-0.4, -0.2) is 4.98 Å². The number of nitriles is 1. The predicted octanol–water partition coefficient (Wildman–Crippen LogP) is -0.302. The van der Waals surface area contributed by atoms with Gasteiger partial charge in [-0.15, -0.1) is 4.57 Å². The first kappa shape index (κ1) is 4.72. The zero-order chi connectivity index (χ0) is 5.82. The van der Waals surface area contributed by atoms with Crippen molar-refractivity contribution in [3.8, 4) is 6.19 Å². The highest BCUT2D eigenvalue weighted by Gasteiger charge is 1.86. The molecular formula is C5H4N3+. The van der Waals surface area contributed by atoms with E-state index in [-0.39, 0.29) is 0 Å². The first-order valence-corrected chi connectivity index (χ1v) is 2.15. The summed E-state index contributed by atoms with van der Waals surface area (Å²) in [4.78, 5) is 3.72. The molecule has 3 heteroatoms. The van der Waals surface area contributed by atoms with E-state index in [9.17, 15) is 0 Å². The van der Waals surface area contributed by atoms with Gasteiger partial charge < -0.3 is 0 Å². The number of hydrogen-bond acceptors (Lipinski definition) is 2. The molecule has 0 aliphatic rings. The molecule has 1 heterocycles. The minimum absolute atomic E-state index is 1.37. The van der Waals surface area contributed by atoms with Gasteiger partial charge in [0.25, 0.3) is 0 Å². The highest BCUT2D eigenvalue weighted by molar-refractivity contribution is 4.66. The topological polar surface area (TPSA) is 40.6 Å². The molecule has 0 N–H and O–H groups in total. The van der Waals surface area contributed by atoms with Crippen molar-refractivity contribution in [3.05, 3.63) is 24.8 Å². The third-order valence-corrected chi connectivity index (χ3v) is 0.742. The van der Waals surface area contributed by atoms with Gasteiger partial charge in [-0.3, -0.25) is 4.98 Å². The van der Waals surface area contributed by atoms with Crippen LogP contribution in [0.1, 0.15) is 0 Å². The zero-order valence-corrected chi connectivity index (χ0v) is 4.15. The summed E-state index contributed by atoms with van der Waals surface area (Å²) in [5.41, 5.74) is 0. The molecule has 8 heavy (non-hydrogen) atoms. The standard InChI is InChI=1S/C5H4N3/c6-5-8-3-1-7-2-4-8/h1-4H/q+1. The minimum Gasteiger partial charge on any atom is -0.257 e. The van der Waals surface area contributed by atoms with E-state index < -0.39 is 0 Å². The van der Waals surface area contributed by atoms with Crippen LogP contribution in [0.5, 0.6) is 0 Å². The van der Waals surface area contributed by atoms with E-state index in [1.807, 2.05) is 6.19 Å². The van der Waals surface area contributed by atoms with Gasteiger partial charge in [-0.05, 0) is 0 Å². The van der Waals surface area contributed by atoms with E-state index in [2.05, 4.69) is 4.98 Å². The summed E-state index contributed by atoms with van der Waals surface area (Å²) >= 11 is 0. The van der Waals surface area contributed by atoms with Gasteiger partial charge in [0.05, 0.1) is 12.4 Å². The zero-order valence-electron chi connectivity index (χ0n) is 4.15. The normalized spacial score (nSPS) is 7.88. The summed E-state index contributed by atoms with van der Waals surface area (Å²) in [7, 11) is 0. The summed E-state index contributed by atoms with van der Waals surface area (Å²) in [6, 6.07) is 0. The molecule has 1 rings (SSSR count). The molecule has 0 unspecified atom stereocenters. The van der Waals surface area contributed by atoms with Crippen LogP contribution in [0.2, 0.25) is 0 Å². The van der Waals surface area contributed by atoms with Gasteiger partial charge in [0, 0.05) is 0 Å². The van der Waals surface area contributed by atoms with Crippen molar-refractivity contribution < 1.29 is 4.57 Å². The van der Waals surface area contributed by atoms with Gasteiger partial charge in [-0.25, -0.2) is 0 Å². The Kier molecular flexibility index (Phi) is 1.20. The second kappa shape index (κ2) is 2.03. The van der Waals surface area contributed by atoms with Gasteiger partial charge in [0.15, 0.2) is 5.26 Å². The molecule has 38 valence electrons. The SMILES string of the molecule is N#C[n+]1ccncc1. The molecule has 0 fully saturated rings. The third-order valence-electron chi connectivity index (χ3n) is 0.742. The molecule has 0 aliphatic heterocycles. The molecule has 0 spiro atoms. The fraction of sp³-hybridized carbons (Fsp3) is 0. The molecule has 0 aliphatic carbocycles. The maximum atomic E-state index is 8.22. The minimum atomic E-state index is 1.37. The Morgan fingerprint density at radius 2 is 2.00 bits per heavy atom. The molecule has 0 saturated carbocycles. The van der Waals surface area contributed by atoms with E-state index in [1.54, 1.807) is 24.8 Å². The number of aromatic nitrogens is 2. The highest BCUT2D eigenvalue weighted by atomic mass is 14.9. The maximum Gasteiger partial charge on any atom is 0.464 e. The number of rotatable bonds is 0. The molecule has 0 atom stereocenters. The molecule has 0 bridgehead atoms. The lowest BCUT2D eigenvalue weighted by molar-refractivity contribution is -0.587. The van der Waals surface area contributed by atoms with Crippen molar-refractivity contribution in [1.82, 2.24) is 4.98 Å². The molecule has 0 saturated heterocycles. The molecule has 0 amide bonds. The maximum absolute atomic E-state index is 8.22. The van der Waals surface area contributed by atoms with Crippen LogP contribution >= 0.6 is 0 Å². The number of nitrogens with zero attached hydrogens (tertiary/aromatic N) is 3. The Hall–Kier alpha value is -1.43. The van der Waals surface area contributed by atoms with Gasteiger partial charge in [-0.2, -0.15) is 0 Å². The predicted molar refractivity (Wildman–Crippen MR) is 25.4 cm³/mol. The second-order valence-corrected chi connectivity index (χ2v) is 1.25. The van der Waals surface area contributed by atoms with Crippen molar-refractivity contribution in [3.63, 3.8) is 0 Å². The van der Waals surface area contributed by atoms with Gasteiger partial charge in [0.2, 0.25) is 0 Å². The van der Waals surface area contributed by atoms with Gasteiger partial charge in [-0.1, -0.05) is 0 Å². The number of hydrogen-bond donors (Lipinski definition) is 0. The second-order valence-electron chi connectivity index (χ2n) is 1.25. The smallest absolute Gasteiger partial charge is 0.257 e. The van der Waals surface area contributed by atoms with Crippen LogP contribution in [0.4, 0.5) is 0 Å². The van der Waals surface area contributed by atoms with Crippen LogP contribution < -0.4 is 4.57 Å². The summed E-state index contributed by atoms with van der Waals surface area (Å²) in [5, 5.41) is 8.22. The Morgan fingerprint density at radius 1 is 1.38 bits per heavy atom. The summed E-state index contributed by atoms with van der Waals surface area (Å²) < 4.78 is 1.37. The molecule has 3 nitrogen and oxygen atoms in total. The summed E-state index contributed by atoms with van der Waals surface area (Å²) in [5.74, 6) is 0. The molecule has 0 aromatic carbocycles. The first-order chi connectivity index (χ1) is 3.93. The Balaban J connectivity index is 3.05. The average Bonchev–Trinajstić information content (AvgIpc) is 1.90. The molecule has 0 radical (unpaired) electrons. The fourth-order valence-electron chi connectivity index (χ4n) is 0.387. The van der Waals surface area contributed by atoms with Crippen LogP contribution in [0.25, 0.3) is 0 Å². The lowest BCUT2D eigenvalue weighted by atomic mass is 10.7. The van der Waals surface area contributed by atoms with Crippen molar-refractivity contribution in [2.24, 2.45) is 0 Å². The van der Waals surface area contributed by atoms with Crippen molar-refractivity contribution >= 4 is 0 Å². The largest absolute Gasteiger partial charge is 0.464 e. The van der Waals surface area contributed by atoms with E-state index in [1.165, 1.54) is 4.57 Å². The van der Waals surface area contributed by atoms with Crippen LogP contribution in [0.15, 0.2) is 24.8 Å². The van der Waals surface area contributed by atoms with Crippen molar-refractivity contribution in [1.29, 1.82) is 5.26 Å². The lowest BCUT2D eigenvalue weighted by Gasteiger charge is -1.76. The highest BCUT2D eigenvalue weighted by Crippen LogP contribution is 1.64. The summed E-state index contributed by atoms with van der Waals surface area (Å²) in [6.07, 6.45) is 8.19. The fourth-order valence-corrected chi connectivity index (χ4v) is 0.387. The van der Waals surface area contributed by atoms with Crippen molar-refractivity contribution in [2.45, 2.75) is 0 Å². The van der Waals surface area contributed by atoms with E-state index in [0.29, 0.717) is 0 Å². The Bertz CT molecular complexity index is 199. The third kappa shape index (κ3) is 0.793. The lowest BCUT2D eigenvalue weighted by Crippen LogP contribution is -2.25. The van der Waals surface area contributed by atoms with Gasteiger partial charge >= 0.3 is 6.19 Å². The molecular weight excluding hydrogens is 102 g/mol. The monoisotopic (exact) mass is 106 g/mol. The first-order valence-electron chi connectivity index (χ1n) is 2.15. The van der Waals surface area contributed by atoms with E-state index in [0.717, 1.165) is 0 Å².